The average molecular weight is 693 g/mol. The molecule has 1 atom stereocenters. The van der Waals surface area contributed by atoms with E-state index in [-0.39, 0.29) is 37.1 Å². The van der Waals surface area contributed by atoms with Crippen molar-refractivity contribution in [2.45, 2.75) is 44.1 Å². The Balaban J connectivity index is 1.15. The van der Waals surface area contributed by atoms with Crippen molar-refractivity contribution in [3.8, 4) is 5.75 Å². The number of amides is 4. The van der Waals surface area contributed by atoms with Crippen molar-refractivity contribution in [1.82, 2.24) is 19.7 Å². The molecular weight excluding hydrogens is 661 g/mol. The van der Waals surface area contributed by atoms with E-state index >= 15 is 0 Å². The number of fused-ring (bicyclic) bond motifs is 1. The van der Waals surface area contributed by atoms with Crippen LogP contribution >= 0.6 is 22.9 Å². The highest BCUT2D eigenvalue weighted by atomic mass is 35.5. The highest BCUT2D eigenvalue weighted by Crippen LogP contribution is 2.41. The zero-order valence-corrected chi connectivity index (χ0v) is 26.7. The van der Waals surface area contributed by atoms with Gasteiger partial charge in [-0.2, -0.15) is 13.2 Å². The normalized spacial score (nSPS) is 18.1. The van der Waals surface area contributed by atoms with E-state index in [9.17, 15) is 32.7 Å². The number of carbonyl (C=O) groups excluding carboxylic acids is 3. The summed E-state index contributed by atoms with van der Waals surface area (Å²) in [7, 11) is 0. The van der Waals surface area contributed by atoms with Gasteiger partial charge >= 0.3 is 18.3 Å². The summed E-state index contributed by atoms with van der Waals surface area (Å²) in [6, 6.07) is 7.12. The molecule has 2 saturated heterocycles. The minimum Gasteiger partial charge on any atom is -0.506 e. The van der Waals surface area contributed by atoms with Gasteiger partial charge in [0.25, 0.3) is 5.91 Å². The molecule has 250 valence electrons. The van der Waals surface area contributed by atoms with Crippen molar-refractivity contribution in [2.75, 3.05) is 49.5 Å². The van der Waals surface area contributed by atoms with Gasteiger partial charge in [0.2, 0.25) is 0 Å². The molecule has 11 nitrogen and oxygen atoms in total. The number of ether oxygens (including phenoxy) is 1. The number of likely N-dealkylation sites (tertiary alicyclic amines) is 1. The van der Waals surface area contributed by atoms with Crippen LogP contribution in [0.2, 0.25) is 5.02 Å². The monoisotopic (exact) mass is 692 g/mol. The summed E-state index contributed by atoms with van der Waals surface area (Å²) >= 11 is 7.50. The predicted molar refractivity (Wildman–Crippen MR) is 169 cm³/mol. The van der Waals surface area contributed by atoms with Crippen molar-refractivity contribution in [3.63, 3.8) is 0 Å². The van der Waals surface area contributed by atoms with E-state index in [0.717, 1.165) is 22.3 Å². The van der Waals surface area contributed by atoms with Gasteiger partial charge in [-0.25, -0.2) is 9.59 Å². The summed E-state index contributed by atoms with van der Waals surface area (Å²) in [6.07, 6.45) is -3.19. The number of phenolic OH excluding ortho intramolecular Hbond substituents is 1. The van der Waals surface area contributed by atoms with Crippen LogP contribution in [0, 0.1) is 0 Å². The molecule has 16 heteroatoms. The van der Waals surface area contributed by atoms with Crippen LogP contribution in [0.1, 0.15) is 28.8 Å². The summed E-state index contributed by atoms with van der Waals surface area (Å²) < 4.78 is 46.7. The molecule has 2 N–H and O–H groups in total. The van der Waals surface area contributed by atoms with E-state index in [1.54, 1.807) is 28.6 Å². The third kappa shape index (κ3) is 7.20. The van der Waals surface area contributed by atoms with Gasteiger partial charge in [0.05, 0.1) is 22.8 Å². The highest BCUT2D eigenvalue weighted by molar-refractivity contribution is 7.10. The first-order chi connectivity index (χ1) is 22.5. The minimum atomic E-state index is -4.90. The molecule has 2 aromatic heterocycles. The molecule has 0 aliphatic carbocycles. The number of halogens is 4. The van der Waals surface area contributed by atoms with E-state index in [2.05, 4.69) is 15.2 Å². The number of aromatic hydroxyl groups is 1. The van der Waals surface area contributed by atoms with Crippen molar-refractivity contribution in [2.24, 2.45) is 0 Å². The van der Waals surface area contributed by atoms with E-state index in [1.165, 1.54) is 9.80 Å². The minimum absolute atomic E-state index is 0.0236. The fourth-order valence-electron chi connectivity index (χ4n) is 6.17. The number of hydrogen-bond donors (Lipinski definition) is 2. The van der Waals surface area contributed by atoms with Crippen LogP contribution in [0.5, 0.6) is 5.75 Å². The number of piperazine rings is 1. The van der Waals surface area contributed by atoms with E-state index < -0.39 is 40.6 Å². The number of carbonyl (C=O) groups is 3. The molecule has 3 aromatic rings. The van der Waals surface area contributed by atoms with Crippen LogP contribution < -0.4 is 10.2 Å². The number of alkyl halides is 3. The molecule has 2 fully saturated rings. The average Bonchev–Trinajstić information content (AvgIpc) is 3.52. The first-order valence-corrected chi connectivity index (χ1v) is 16.4. The second-order valence-electron chi connectivity index (χ2n) is 11.6. The van der Waals surface area contributed by atoms with Gasteiger partial charge in [-0.15, -0.1) is 11.3 Å². The number of anilines is 2. The molecule has 0 spiro atoms. The van der Waals surface area contributed by atoms with Crippen molar-refractivity contribution >= 4 is 52.3 Å². The molecule has 1 aromatic carbocycles. The smallest absolute Gasteiger partial charge is 0.420 e. The summed E-state index contributed by atoms with van der Waals surface area (Å²) in [5.74, 6) is -1.66. The second-order valence-corrected chi connectivity index (χ2v) is 13.0. The van der Waals surface area contributed by atoms with E-state index in [4.69, 9.17) is 16.3 Å². The van der Waals surface area contributed by atoms with Gasteiger partial charge in [-0.1, -0.05) is 11.6 Å². The van der Waals surface area contributed by atoms with Gasteiger partial charge in [0.15, 0.2) is 6.10 Å². The summed E-state index contributed by atoms with van der Waals surface area (Å²) in [4.78, 5) is 51.8. The number of piperidine rings is 1. The van der Waals surface area contributed by atoms with Crippen LogP contribution in [0.4, 0.5) is 34.1 Å². The fraction of sp³-hybridized carbons (Fsp3) is 0.419. The number of thiophene rings is 1. The van der Waals surface area contributed by atoms with Gasteiger partial charge in [0.1, 0.15) is 5.75 Å². The zero-order valence-electron chi connectivity index (χ0n) is 25.1. The van der Waals surface area contributed by atoms with Gasteiger partial charge < -0.3 is 34.8 Å². The maximum absolute atomic E-state index is 13.8. The Morgan fingerprint density at radius 3 is 2.45 bits per heavy atom. The number of aromatic nitrogens is 1. The molecule has 3 aliphatic heterocycles. The van der Waals surface area contributed by atoms with Crippen molar-refractivity contribution < 1.29 is 37.4 Å². The summed E-state index contributed by atoms with van der Waals surface area (Å²) in [5, 5.41) is 14.2. The maximum Gasteiger partial charge on any atom is 0.420 e. The number of rotatable bonds is 6. The lowest BCUT2D eigenvalue weighted by atomic mass is 10.0. The van der Waals surface area contributed by atoms with Crippen LogP contribution in [-0.4, -0.2) is 94.2 Å². The van der Waals surface area contributed by atoms with Crippen molar-refractivity contribution in [1.29, 1.82) is 0 Å². The lowest BCUT2D eigenvalue weighted by Gasteiger charge is -2.40. The lowest BCUT2D eigenvalue weighted by molar-refractivity contribution is -0.141. The molecule has 6 rings (SSSR count). The first kappa shape index (κ1) is 32.7. The molecule has 4 amide bonds. The Hall–Kier alpha value is -4.24. The van der Waals surface area contributed by atoms with E-state index in [1.807, 2.05) is 23.6 Å². The number of nitrogens with one attached hydrogen (secondary N) is 1. The first-order valence-electron chi connectivity index (χ1n) is 15.1. The van der Waals surface area contributed by atoms with Crippen LogP contribution in [0.25, 0.3) is 0 Å². The lowest BCUT2D eigenvalue weighted by Crippen LogP contribution is -2.54. The largest absolute Gasteiger partial charge is 0.506 e. The molecule has 47 heavy (non-hydrogen) atoms. The zero-order chi connectivity index (χ0) is 33.3. The Morgan fingerprint density at radius 1 is 1.06 bits per heavy atom. The Kier molecular flexibility index (Phi) is 9.37. The number of benzene rings is 1. The van der Waals surface area contributed by atoms with Gasteiger partial charge in [0, 0.05) is 74.7 Å². The molecule has 0 bridgehead atoms. The number of hydrogen-bond acceptors (Lipinski definition) is 8. The van der Waals surface area contributed by atoms with Crippen molar-refractivity contribution in [3.05, 3.63) is 69.1 Å². The molecular formula is C31H32ClF3N6O5S. The van der Waals surface area contributed by atoms with Crippen LogP contribution in [-0.2, 0) is 28.7 Å². The topological polar surface area (TPSA) is 119 Å². The molecule has 3 aliphatic rings. The number of nitrogens with zero attached hydrogens (tertiary/aromatic N) is 5. The number of pyridine rings is 1. The molecule has 0 unspecified atom stereocenters. The molecule has 0 saturated carbocycles. The maximum atomic E-state index is 13.8. The third-order valence-electron chi connectivity index (χ3n) is 8.71. The number of urea groups is 1. The Morgan fingerprint density at radius 2 is 1.77 bits per heavy atom. The Bertz CT molecular complexity index is 1630. The molecule has 5 heterocycles. The number of phenols is 1. The fourth-order valence-corrected chi connectivity index (χ4v) is 7.24. The predicted octanol–water partition coefficient (Wildman–Crippen LogP) is 5.43. The third-order valence-corrected chi connectivity index (χ3v) is 9.91. The highest BCUT2D eigenvalue weighted by Gasteiger charge is 2.38. The van der Waals surface area contributed by atoms with Gasteiger partial charge in [-0.3, -0.25) is 9.78 Å². The second kappa shape index (κ2) is 13.5. The Labute approximate surface area is 277 Å². The SMILES string of the molecule is O=C(O[C@H](Cc1cc(Cl)c(O)c(C(F)(F)F)c1)C(=O)N1CCN(c2ccncc2)CC1)N1CCC(N2Cc3sccc3NC2=O)CC1. The van der Waals surface area contributed by atoms with Crippen LogP contribution in [0.3, 0.4) is 0 Å². The van der Waals surface area contributed by atoms with Crippen LogP contribution in [0.15, 0.2) is 48.1 Å². The standard InChI is InChI=1S/C31H32ClF3N6O5S/c32-23-16-19(15-22(27(23)42)31(33,34)35)17-25(28(43)39-12-10-38(11-13-39)20-1-6-36-7-2-20)46-30(45)40-8-3-21(4-9-40)41-18-26-24(5-14-47-26)37-29(41)44/h1-2,5-7,14-16,21,25,42H,3-4,8-13,17-18H2,(H,37,44)/t25-/m1/s1. The summed E-state index contributed by atoms with van der Waals surface area (Å²) in [5.41, 5.74) is 0.380. The summed E-state index contributed by atoms with van der Waals surface area (Å²) in [6.45, 7) is 2.59. The van der Waals surface area contributed by atoms with Gasteiger partial charge in [-0.05, 0) is 54.1 Å². The molecule has 0 radical (unpaired) electrons. The quantitative estimate of drug-likeness (QED) is 0.354. The van der Waals surface area contributed by atoms with E-state index in [0.29, 0.717) is 51.6 Å².